The second-order valence-corrected chi connectivity index (χ2v) is 9.32. The van der Waals surface area contributed by atoms with E-state index < -0.39 is 5.82 Å². The van der Waals surface area contributed by atoms with Crippen LogP contribution in [0.3, 0.4) is 0 Å². The van der Waals surface area contributed by atoms with Crippen LogP contribution in [0.2, 0.25) is 10.0 Å². The van der Waals surface area contributed by atoms with Gasteiger partial charge >= 0.3 is 0 Å². The third-order valence-electron chi connectivity index (χ3n) is 6.43. The van der Waals surface area contributed by atoms with Gasteiger partial charge in [0.25, 0.3) is 5.91 Å². The Hall–Kier alpha value is -2.87. The van der Waals surface area contributed by atoms with E-state index >= 15 is 0 Å². The molecule has 1 amide bonds. The van der Waals surface area contributed by atoms with Gasteiger partial charge < -0.3 is 20.5 Å². The van der Waals surface area contributed by atoms with E-state index in [-0.39, 0.29) is 16.0 Å². The zero-order valence-corrected chi connectivity index (χ0v) is 20.1. The molecule has 0 spiro atoms. The third-order valence-corrected chi connectivity index (χ3v) is 7.04. The Bertz CT molecular complexity index is 1270. The number of nitrogens with one attached hydrogen (secondary N) is 3. The maximum atomic E-state index is 14.5. The molecule has 176 valence electrons. The number of anilines is 2. The molecule has 34 heavy (non-hydrogen) atoms. The standard InChI is InChI=1S/C25H24Cl2FN5O/c1-2-33-9-5-14(6-10-33)31-15-3-4-21-17(11-15)23(25(34)32-21)22(24-29-7-8-30-24)16-12-20(28)19(27)13-18(16)26/h3-4,7-8,11-14,31H,2,5-6,9-10H2,1H3,(H,29,30)(H,32,34)/b23-22-. The summed E-state index contributed by atoms with van der Waals surface area (Å²) in [5.74, 6) is -0.522. The summed E-state index contributed by atoms with van der Waals surface area (Å²) in [7, 11) is 0. The summed E-state index contributed by atoms with van der Waals surface area (Å²) in [6.45, 7) is 5.37. The van der Waals surface area contributed by atoms with E-state index in [2.05, 4.69) is 32.4 Å². The zero-order valence-electron chi connectivity index (χ0n) is 18.6. The van der Waals surface area contributed by atoms with E-state index in [0.717, 1.165) is 38.2 Å². The number of carbonyl (C=O) groups is 1. The molecule has 0 aliphatic carbocycles. The molecule has 1 aromatic heterocycles. The predicted octanol–water partition coefficient (Wildman–Crippen LogP) is 5.66. The van der Waals surface area contributed by atoms with E-state index in [1.165, 1.54) is 12.1 Å². The third kappa shape index (κ3) is 4.31. The largest absolute Gasteiger partial charge is 0.382 e. The summed E-state index contributed by atoms with van der Waals surface area (Å²) in [6.07, 6.45) is 5.33. The number of benzene rings is 2. The van der Waals surface area contributed by atoms with Crippen LogP contribution in [-0.4, -0.2) is 46.5 Å². The second kappa shape index (κ2) is 9.41. The van der Waals surface area contributed by atoms with Crippen molar-refractivity contribution >= 4 is 51.6 Å². The van der Waals surface area contributed by atoms with E-state index in [1.807, 2.05) is 18.2 Å². The highest BCUT2D eigenvalue weighted by Gasteiger charge is 2.31. The lowest BCUT2D eigenvalue weighted by Gasteiger charge is -2.32. The number of hydrogen-bond acceptors (Lipinski definition) is 4. The van der Waals surface area contributed by atoms with E-state index in [4.69, 9.17) is 23.2 Å². The van der Waals surface area contributed by atoms with Crippen LogP contribution in [0, 0.1) is 5.82 Å². The Morgan fingerprint density at radius 2 is 2.00 bits per heavy atom. The SMILES string of the molecule is CCN1CCC(Nc2ccc3c(c2)/C(=C(/c2ncc[nH]2)c2cc(F)c(Cl)cc2Cl)C(=O)N3)CC1. The van der Waals surface area contributed by atoms with Gasteiger partial charge in [-0.2, -0.15) is 0 Å². The molecule has 0 radical (unpaired) electrons. The molecule has 0 unspecified atom stereocenters. The minimum atomic E-state index is -0.627. The molecule has 3 heterocycles. The maximum Gasteiger partial charge on any atom is 0.257 e. The lowest BCUT2D eigenvalue weighted by molar-refractivity contribution is -0.110. The summed E-state index contributed by atoms with van der Waals surface area (Å²) >= 11 is 12.4. The molecule has 0 bridgehead atoms. The lowest BCUT2D eigenvalue weighted by atomic mass is 9.94. The smallest absolute Gasteiger partial charge is 0.257 e. The first-order valence-corrected chi connectivity index (χ1v) is 12.0. The molecule has 2 aromatic carbocycles. The topological polar surface area (TPSA) is 73.0 Å². The summed E-state index contributed by atoms with van der Waals surface area (Å²) in [5.41, 5.74) is 3.43. The Kier molecular flexibility index (Phi) is 6.34. The monoisotopic (exact) mass is 499 g/mol. The number of nitrogens with zero attached hydrogens (tertiary/aromatic N) is 2. The first-order chi connectivity index (χ1) is 16.4. The molecule has 9 heteroatoms. The number of aromatic amines is 1. The van der Waals surface area contributed by atoms with Crippen molar-refractivity contribution in [2.24, 2.45) is 0 Å². The Morgan fingerprint density at radius 3 is 2.71 bits per heavy atom. The van der Waals surface area contributed by atoms with Crippen molar-refractivity contribution in [2.45, 2.75) is 25.8 Å². The van der Waals surface area contributed by atoms with Crippen LogP contribution in [0.15, 0.2) is 42.7 Å². The van der Waals surface area contributed by atoms with Gasteiger partial charge in [-0.05, 0) is 49.7 Å². The number of piperidine rings is 1. The fraction of sp³-hybridized carbons (Fsp3) is 0.280. The van der Waals surface area contributed by atoms with Gasteiger partial charge in [-0.3, -0.25) is 4.79 Å². The van der Waals surface area contributed by atoms with Gasteiger partial charge in [0.05, 0.1) is 15.6 Å². The highest BCUT2D eigenvalue weighted by atomic mass is 35.5. The van der Waals surface area contributed by atoms with Gasteiger partial charge in [0, 0.05) is 59.6 Å². The first kappa shape index (κ1) is 22.9. The van der Waals surface area contributed by atoms with E-state index in [1.54, 1.807) is 12.4 Å². The Morgan fingerprint density at radius 1 is 1.21 bits per heavy atom. The van der Waals surface area contributed by atoms with Crippen molar-refractivity contribution < 1.29 is 9.18 Å². The highest BCUT2D eigenvalue weighted by molar-refractivity contribution is 6.40. The maximum absolute atomic E-state index is 14.5. The Balaban J connectivity index is 1.59. The molecule has 6 nitrogen and oxygen atoms in total. The average molecular weight is 500 g/mol. The van der Waals surface area contributed by atoms with Gasteiger partial charge in [-0.15, -0.1) is 0 Å². The fourth-order valence-electron chi connectivity index (χ4n) is 4.63. The number of fused-ring (bicyclic) bond motifs is 1. The highest BCUT2D eigenvalue weighted by Crippen LogP contribution is 2.42. The van der Waals surface area contributed by atoms with Gasteiger partial charge in [-0.25, -0.2) is 9.37 Å². The molecule has 1 fully saturated rings. The minimum absolute atomic E-state index is 0.0885. The molecule has 1 saturated heterocycles. The number of H-pyrrole nitrogens is 1. The average Bonchev–Trinajstić information content (AvgIpc) is 3.46. The van der Waals surface area contributed by atoms with Crippen LogP contribution in [-0.2, 0) is 4.79 Å². The quantitative estimate of drug-likeness (QED) is 0.312. The molecule has 3 aromatic rings. The van der Waals surface area contributed by atoms with Crippen LogP contribution in [0.5, 0.6) is 0 Å². The minimum Gasteiger partial charge on any atom is -0.382 e. The molecule has 0 atom stereocenters. The number of likely N-dealkylation sites (tertiary alicyclic amines) is 1. The molecule has 2 aliphatic rings. The van der Waals surface area contributed by atoms with Crippen LogP contribution in [0.4, 0.5) is 15.8 Å². The van der Waals surface area contributed by atoms with Crippen molar-refractivity contribution in [1.82, 2.24) is 14.9 Å². The van der Waals surface area contributed by atoms with Gasteiger partial charge in [0.15, 0.2) is 0 Å². The number of amides is 1. The van der Waals surface area contributed by atoms with Crippen molar-refractivity contribution in [2.75, 3.05) is 30.3 Å². The zero-order chi connectivity index (χ0) is 23.8. The lowest BCUT2D eigenvalue weighted by Crippen LogP contribution is -2.38. The van der Waals surface area contributed by atoms with Crippen molar-refractivity contribution in [1.29, 1.82) is 0 Å². The van der Waals surface area contributed by atoms with Crippen LogP contribution >= 0.6 is 23.2 Å². The van der Waals surface area contributed by atoms with Crippen LogP contribution in [0.25, 0.3) is 11.1 Å². The summed E-state index contributed by atoms with van der Waals surface area (Å²) in [6, 6.07) is 8.75. The molecular formula is C25H24Cl2FN5O. The molecular weight excluding hydrogens is 476 g/mol. The predicted molar refractivity (Wildman–Crippen MR) is 135 cm³/mol. The molecule has 2 aliphatic heterocycles. The molecule has 5 rings (SSSR count). The Labute approximate surface area is 207 Å². The van der Waals surface area contributed by atoms with Gasteiger partial charge in [0.2, 0.25) is 0 Å². The first-order valence-electron chi connectivity index (χ1n) is 11.3. The number of aromatic nitrogens is 2. The molecule has 0 saturated carbocycles. The van der Waals surface area contributed by atoms with Crippen LogP contribution < -0.4 is 10.6 Å². The number of carbonyl (C=O) groups excluding carboxylic acids is 1. The van der Waals surface area contributed by atoms with Crippen molar-refractivity contribution in [3.8, 4) is 0 Å². The summed E-state index contributed by atoms with van der Waals surface area (Å²) < 4.78 is 14.5. The fourth-order valence-corrected chi connectivity index (χ4v) is 5.11. The van der Waals surface area contributed by atoms with E-state index in [0.29, 0.717) is 39.8 Å². The number of rotatable bonds is 5. The number of imidazole rings is 1. The summed E-state index contributed by atoms with van der Waals surface area (Å²) in [4.78, 5) is 23.0. The van der Waals surface area contributed by atoms with Crippen molar-refractivity contribution in [3.05, 3.63) is 75.5 Å². The number of hydrogen-bond donors (Lipinski definition) is 3. The van der Waals surface area contributed by atoms with Gasteiger partial charge in [0.1, 0.15) is 11.6 Å². The summed E-state index contributed by atoms with van der Waals surface area (Å²) in [5, 5.41) is 6.67. The number of halogens is 3. The van der Waals surface area contributed by atoms with E-state index in [9.17, 15) is 9.18 Å². The second-order valence-electron chi connectivity index (χ2n) is 8.50. The normalized spacial score (nSPS) is 18.1. The van der Waals surface area contributed by atoms with Crippen molar-refractivity contribution in [3.63, 3.8) is 0 Å². The van der Waals surface area contributed by atoms with Gasteiger partial charge in [-0.1, -0.05) is 30.1 Å². The molecule has 3 N–H and O–H groups in total. The van der Waals surface area contributed by atoms with Crippen LogP contribution in [0.1, 0.15) is 36.7 Å².